The molecule has 0 unspecified atom stereocenters. The molecule has 0 aliphatic heterocycles. The quantitative estimate of drug-likeness (QED) is 0.688. The van der Waals surface area contributed by atoms with Crippen LogP contribution in [0.15, 0.2) is 48.6 Å². The lowest BCUT2D eigenvalue weighted by molar-refractivity contribution is 0.371. The molecule has 0 saturated carbocycles. The van der Waals surface area contributed by atoms with Crippen molar-refractivity contribution < 1.29 is 14.6 Å². The molecule has 3 nitrogen and oxygen atoms in total. The second-order valence-corrected chi connectivity index (χ2v) is 6.30. The van der Waals surface area contributed by atoms with Gasteiger partial charge in [-0.2, -0.15) is 0 Å². The van der Waals surface area contributed by atoms with E-state index in [1.54, 1.807) is 20.3 Å². The van der Waals surface area contributed by atoms with Crippen LogP contribution in [0.4, 0.5) is 0 Å². The molecule has 26 heavy (non-hydrogen) atoms. The second kappa shape index (κ2) is 8.43. The van der Waals surface area contributed by atoms with E-state index in [0.717, 1.165) is 33.6 Å². The number of aryl methyl sites for hydroxylation is 2. The molecule has 0 fully saturated rings. The van der Waals surface area contributed by atoms with Crippen LogP contribution in [-0.4, -0.2) is 19.3 Å². The summed E-state index contributed by atoms with van der Waals surface area (Å²) in [5.41, 5.74) is 6.00. The van der Waals surface area contributed by atoms with E-state index >= 15 is 0 Å². The Morgan fingerprint density at radius 2 is 1.35 bits per heavy atom. The fourth-order valence-electron chi connectivity index (χ4n) is 2.65. The molecule has 0 bridgehead atoms. The molecular weight excluding hydrogens is 324 g/mol. The van der Waals surface area contributed by atoms with Gasteiger partial charge in [-0.05, 0) is 72.4 Å². The minimum atomic E-state index is 0.173. The van der Waals surface area contributed by atoms with E-state index in [4.69, 9.17) is 9.47 Å². The van der Waals surface area contributed by atoms with Crippen LogP contribution >= 0.6 is 0 Å². The molecule has 1 N–H and O–H groups in total. The van der Waals surface area contributed by atoms with Crippen LogP contribution in [0.2, 0.25) is 0 Å². The monoisotopic (exact) mass is 350 g/mol. The van der Waals surface area contributed by atoms with Crippen LogP contribution in [-0.2, 0) is 0 Å². The largest absolute Gasteiger partial charge is 0.504 e. The third-order valence-electron chi connectivity index (χ3n) is 4.35. The predicted molar refractivity (Wildman–Crippen MR) is 109 cm³/mol. The highest BCUT2D eigenvalue weighted by molar-refractivity contribution is 5.63. The molecule has 0 amide bonds. The Bertz CT molecular complexity index is 802. The first-order valence-corrected chi connectivity index (χ1v) is 8.43. The fraction of sp³-hybridized carbons (Fsp3) is 0.217. The zero-order valence-corrected chi connectivity index (χ0v) is 16.1. The van der Waals surface area contributed by atoms with Crippen molar-refractivity contribution in [2.75, 3.05) is 14.2 Å². The highest BCUT2D eigenvalue weighted by Crippen LogP contribution is 2.31. The minimum Gasteiger partial charge on any atom is -0.504 e. The number of rotatable bonds is 6. The van der Waals surface area contributed by atoms with Gasteiger partial charge in [0.1, 0.15) is 5.75 Å². The van der Waals surface area contributed by atoms with Crippen molar-refractivity contribution in [2.24, 2.45) is 0 Å². The Labute approximate surface area is 155 Å². The number of hydrogen-bond donors (Lipinski definition) is 1. The molecule has 2 rings (SSSR count). The predicted octanol–water partition coefficient (Wildman–Crippen LogP) is 5.62. The highest BCUT2D eigenvalue weighted by Gasteiger charge is 2.06. The van der Waals surface area contributed by atoms with Gasteiger partial charge in [-0.15, -0.1) is 0 Å². The molecular formula is C23H26O3. The molecule has 0 aliphatic rings. The maximum Gasteiger partial charge on any atom is 0.161 e. The summed E-state index contributed by atoms with van der Waals surface area (Å²) in [6.07, 6.45) is 7.86. The van der Waals surface area contributed by atoms with Gasteiger partial charge in [0.25, 0.3) is 0 Å². The maximum absolute atomic E-state index is 9.91. The van der Waals surface area contributed by atoms with Gasteiger partial charge in [-0.25, -0.2) is 0 Å². The van der Waals surface area contributed by atoms with E-state index in [9.17, 15) is 5.11 Å². The molecule has 0 saturated heterocycles. The van der Waals surface area contributed by atoms with Crippen LogP contribution in [0.25, 0.3) is 12.2 Å². The third kappa shape index (κ3) is 4.57. The SMILES string of the molecule is C=C(/C=C/c1cc(C)c(C)c(OC)c1)/C=C/c1cc(C)c(O)c(OC)c1. The van der Waals surface area contributed by atoms with E-state index in [2.05, 4.69) is 26.5 Å². The summed E-state index contributed by atoms with van der Waals surface area (Å²) < 4.78 is 10.6. The molecule has 0 aromatic heterocycles. The van der Waals surface area contributed by atoms with Crippen molar-refractivity contribution in [3.05, 3.63) is 76.4 Å². The zero-order valence-electron chi connectivity index (χ0n) is 16.1. The van der Waals surface area contributed by atoms with Gasteiger partial charge in [0.15, 0.2) is 11.5 Å². The summed E-state index contributed by atoms with van der Waals surface area (Å²) in [6.45, 7) is 10.0. The molecule has 0 radical (unpaired) electrons. The number of phenols is 1. The Morgan fingerprint density at radius 1 is 0.846 bits per heavy atom. The molecule has 0 heterocycles. The van der Waals surface area contributed by atoms with E-state index in [1.807, 2.05) is 43.4 Å². The lowest BCUT2D eigenvalue weighted by Gasteiger charge is -2.09. The minimum absolute atomic E-state index is 0.173. The van der Waals surface area contributed by atoms with Crippen LogP contribution in [0.5, 0.6) is 17.2 Å². The van der Waals surface area contributed by atoms with Gasteiger partial charge in [0.05, 0.1) is 14.2 Å². The smallest absolute Gasteiger partial charge is 0.161 e. The third-order valence-corrected chi connectivity index (χ3v) is 4.35. The van der Waals surface area contributed by atoms with Crippen molar-refractivity contribution in [2.45, 2.75) is 20.8 Å². The zero-order chi connectivity index (χ0) is 19.3. The summed E-state index contributed by atoms with van der Waals surface area (Å²) in [7, 11) is 3.23. The van der Waals surface area contributed by atoms with Crippen LogP contribution in [0, 0.1) is 20.8 Å². The Hall–Kier alpha value is -2.94. The van der Waals surface area contributed by atoms with E-state index in [1.165, 1.54) is 5.56 Å². The number of ether oxygens (including phenoxy) is 2. The first-order valence-electron chi connectivity index (χ1n) is 8.43. The van der Waals surface area contributed by atoms with Crippen molar-refractivity contribution in [3.63, 3.8) is 0 Å². The molecule has 0 aliphatic carbocycles. The molecule has 0 spiro atoms. The van der Waals surface area contributed by atoms with Crippen LogP contribution in [0.3, 0.4) is 0 Å². The van der Waals surface area contributed by atoms with Gasteiger partial charge < -0.3 is 14.6 Å². The molecule has 2 aromatic rings. The van der Waals surface area contributed by atoms with Gasteiger partial charge in [-0.1, -0.05) is 36.9 Å². The number of aromatic hydroxyl groups is 1. The summed E-state index contributed by atoms with van der Waals surface area (Å²) in [6, 6.07) is 7.84. The topological polar surface area (TPSA) is 38.7 Å². The van der Waals surface area contributed by atoms with Crippen LogP contribution in [0.1, 0.15) is 27.8 Å². The second-order valence-electron chi connectivity index (χ2n) is 6.30. The Morgan fingerprint density at radius 3 is 1.88 bits per heavy atom. The Balaban J connectivity index is 2.16. The van der Waals surface area contributed by atoms with Crippen molar-refractivity contribution in [1.82, 2.24) is 0 Å². The lowest BCUT2D eigenvalue weighted by atomic mass is 10.0. The van der Waals surface area contributed by atoms with Crippen molar-refractivity contribution in [3.8, 4) is 17.2 Å². The van der Waals surface area contributed by atoms with E-state index < -0.39 is 0 Å². The van der Waals surface area contributed by atoms with Gasteiger partial charge in [-0.3, -0.25) is 0 Å². The summed E-state index contributed by atoms with van der Waals surface area (Å²) in [4.78, 5) is 0. The average molecular weight is 350 g/mol. The molecule has 2 aromatic carbocycles. The highest BCUT2D eigenvalue weighted by atomic mass is 16.5. The summed E-state index contributed by atoms with van der Waals surface area (Å²) in [5.74, 6) is 1.53. The van der Waals surface area contributed by atoms with E-state index in [0.29, 0.717) is 5.75 Å². The Kier molecular flexibility index (Phi) is 6.29. The number of methoxy groups -OCH3 is 2. The molecule has 3 heteroatoms. The lowest BCUT2D eigenvalue weighted by Crippen LogP contribution is -1.91. The average Bonchev–Trinajstić information content (AvgIpc) is 2.63. The van der Waals surface area contributed by atoms with E-state index in [-0.39, 0.29) is 5.75 Å². The maximum atomic E-state index is 9.91. The standard InChI is InChI=1S/C23H26O3/c1-15(7-9-19-11-16(2)18(4)21(13-19)25-5)8-10-20-12-17(3)23(24)22(14-20)26-6/h7-14,24H,1H2,2-6H3/b9-7+,10-8+. The number of allylic oxidation sites excluding steroid dienone is 3. The van der Waals surface area contributed by atoms with Gasteiger partial charge in [0, 0.05) is 0 Å². The molecule has 0 atom stereocenters. The van der Waals surface area contributed by atoms with Gasteiger partial charge >= 0.3 is 0 Å². The number of benzene rings is 2. The number of hydrogen-bond acceptors (Lipinski definition) is 3. The van der Waals surface area contributed by atoms with Gasteiger partial charge in [0.2, 0.25) is 0 Å². The fourth-order valence-corrected chi connectivity index (χ4v) is 2.65. The van der Waals surface area contributed by atoms with Crippen molar-refractivity contribution >= 4 is 12.2 Å². The normalized spacial score (nSPS) is 11.3. The molecule has 136 valence electrons. The van der Waals surface area contributed by atoms with Crippen molar-refractivity contribution in [1.29, 1.82) is 0 Å². The first kappa shape index (κ1) is 19.4. The number of phenolic OH excluding ortho intramolecular Hbond substituents is 1. The first-order chi connectivity index (χ1) is 12.3. The summed E-state index contributed by atoms with van der Waals surface area (Å²) in [5, 5.41) is 9.91. The summed E-state index contributed by atoms with van der Waals surface area (Å²) >= 11 is 0. The van der Waals surface area contributed by atoms with Crippen LogP contribution < -0.4 is 9.47 Å².